The molecule has 0 atom stereocenters. The van der Waals surface area contributed by atoms with Crippen molar-refractivity contribution >= 4 is 29.7 Å². The van der Waals surface area contributed by atoms with Crippen molar-refractivity contribution in [3.8, 4) is 0 Å². The van der Waals surface area contributed by atoms with Gasteiger partial charge >= 0.3 is 0 Å². The number of hydrogen-bond acceptors (Lipinski definition) is 3. The van der Waals surface area contributed by atoms with Gasteiger partial charge < -0.3 is 10.2 Å². The van der Waals surface area contributed by atoms with Crippen LogP contribution in [0.1, 0.15) is 59.6 Å². The summed E-state index contributed by atoms with van der Waals surface area (Å²) >= 11 is 1.72. The summed E-state index contributed by atoms with van der Waals surface area (Å²) in [5, 5.41) is 3.22. The van der Waals surface area contributed by atoms with Crippen molar-refractivity contribution in [1.82, 2.24) is 10.2 Å². The largest absolute Gasteiger partial charge is 0.338 e. The minimum atomic E-state index is 0. The maximum Gasteiger partial charge on any atom is 0.263 e. The Labute approximate surface area is 151 Å². The van der Waals surface area contributed by atoms with Crippen LogP contribution in [0.3, 0.4) is 0 Å². The Kier molecular flexibility index (Phi) is 9.18. The van der Waals surface area contributed by atoms with E-state index in [4.69, 9.17) is 0 Å². The molecule has 0 aromatic carbocycles. The number of aryl methyl sites for hydroxylation is 2. The topological polar surface area (TPSA) is 32.3 Å². The van der Waals surface area contributed by atoms with Crippen LogP contribution >= 0.6 is 23.7 Å². The van der Waals surface area contributed by atoms with Crippen molar-refractivity contribution in [3.63, 3.8) is 0 Å². The summed E-state index contributed by atoms with van der Waals surface area (Å²) < 4.78 is 0. The van der Waals surface area contributed by atoms with Gasteiger partial charge in [-0.1, -0.05) is 20.3 Å². The van der Waals surface area contributed by atoms with Gasteiger partial charge in [-0.15, -0.1) is 23.7 Å². The lowest BCUT2D eigenvalue weighted by Crippen LogP contribution is -2.38. The second-order valence-electron chi connectivity index (χ2n) is 6.29. The molecule has 0 spiro atoms. The summed E-state index contributed by atoms with van der Waals surface area (Å²) in [7, 11) is 2.01. The van der Waals surface area contributed by atoms with E-state index in [0.29, 0.717) is 0 Å². The highest BCUT2D eigenvalue weighted by Crippen LogP contribution is 2.28. The van der Waals surface area contributed by atoms with Crippen LogP contribution in [0.15, 0.2) is 6.07 Å². The smallest absolute Gasteiger partial charge is 0.263 e. The molecule has 1 amide bonds. The summed E-state index contributed by atoms with van der Waals surface area (Å²) in [5.41, 5.74) is 1.37. The molecule has 1 aliphatic rings. The van der Waals surface area contributed by atoms with Crippen molar-refractivity contribution in [1.29, 1.82) is 0 Å². The third-order valence-corrected chi connectivity index (χ3v) is 5.89. The number of carbonyl (C=O) groups excluding carboxylic acids is 1. The first-order valence-electron chi connectivity index (χ1n) is 8.75. The van der Waals surface area contributed by atoms with Gasteiger partial charge in [0.2, 0.25) is 0 Å². The minimum absolute atomic E-state index is 0. The number of nitrogens with zero attached hydrogens (tertiary/aromatic N) is 1. The zero-order valence-corrected chi connectivity index (χ0v) is 16.3. The van der Waals surface area contributed by atoms with Gasteiger partial charge in [-0.3, -0.25) is 4.79 Å². The molecule has 0 aliphatic carbocycles. The van der Waals surface area contributed by atoms with E-state index in [-0.39, 0.29) is 18.3 Å². The molecule has 0 saturated carbocycles. The van der Waals surface area contributed by atoms with Crippen LogP contribution in [-0.4, -0.2) is 37.5 Å². The molecule has 132 valence electrons. The van der Waals surface area contributed by atoms with E-state index in [2.05, 4.69) is 30.1 Å². The van der Waals surface area contributed by atoms with E-state index in [0.717, 1.165) is 62.5 Å². The van der Waals surface area contributed by atoms with Crippen LogP contribution in [0.4, 0.5) is 0 Å². The van der Waals surface area contributed by atoms with E-state index in [9.17, 15) is 4.79 Å². The first-order chi connectivity index (χ1) is 10.7. The summed E-state index contributed by atoms with van der Waals surface area (Å²) in [4.78, 5) is 17.2. The van der Waals surface area contributed by atoms with Crippen LogP contribution in [-0.2, 0) is 12.8 Å². The molecule has 23 heavy (non-hydrogen) atoms. The van der Waals surface area contributed by atoms with Gasteiger partial charge in [-0.05, 0) is 63.2 Å². The maximum atomic E-state index is 12.7. The molecule has 1 aliphatic heterocycles. The first-order valence-corrected chi connectivity index (χ1v) is 9.56. The zero-order chi connectivity index (χ0) is 15.9. The van der Waals surface area contributed by atoms with E-state index >= 15 is 0 Å². The van der Waals surface area contributed by atoms with Crippen LogP contribution in [0.25, 0.3) is 0 Å². The predicted molar refractivity (Wildman–Crippen MR) is 102 cm³/mol. The van der Waals surface area contributed by atoms with E-state index < -0.39 is 0 Å². The Hall–Kier alpha value is -0.580. The van der Waals surface area contributed by atoms with Crippen molar-refractivity contribution < 1.29 is 4.79 Å². The fourth-order valence-electron chi connectivity index (χ4n) is 3.24. The summed E-state index contributed by atoms with van der Waals surface area (Å²) in [6.45, 7) is 7.33. The number of carbonyl (C=O) groups is 1. The molecule has 0 bridgehead atoms. The second kappa shape index (κ2) is 10.3. The fraction of sp³-hybridized carbons (Fsp3) is 0.722. The molecule has 1 aromatic rings. The molecule has 2 heterocycles. The Morgan fingerprint density at radius 1 is 1.35 bits per heavy atom. The van der Waals surface area contributed by atoms with Gasteiger partial charge in [-0.2, -0.15) is 0 Å². The molecule has 1 N–H and O–H groups in total. The molecular weight excluding hydrogens is 328 g/mol. The first kappa shape index (κ1) is 20.5. The van der Waals surface area contributed by atoms with Gasteiger partial charge in [0.15, 0.2) is 0 Å². The van der Waals surface area contributed by atoms with Crippen LogP contribution in [0.2, 0.25) is 0 Å². The summed E-state index contributed by atoms with van der Waals surface area (Å²) in [6, 6.07) is 2.14. The third kappa shape index (κ3) is 5.47. The Morgan fingerprint density at radius 2 is 2.04 bits per heavy atom. The second-order valence-corrected chi connectivity index (χ2v) is 7.43. The summed E-state index contributed by atoms with van der Waals surface area (Å²) in [5.74, 6) is 1.04. The normalized spacial score (nSPS) is 15.5. The summed E-state index contributed by atoms with van der Waals surface area (Å²) in [6.07, 6.45) is 6.83. The number of hydrogen-bond donors (Lipinski definition) is 1. The number of thiophene rings is 1. The third-order valence-electron chi connectivity index (χ3n) is 4.67. The molecule has 0 radical (unpaired) electrons. The van der Waals surface area contributed by atoms with Gasteiger partial charge in [0, 0.05) is 18.0 Å². The average molecular weight is 359 g/mol. The number of nitrogens with one attached hydrogen (secondary N) is 1. The van der Waals surface area contributed by atoms with Gasteiger partial charge in [0.1, 0.15) is 0 Å². The standard InChI is InChI=1S/C18H30N2OS.ClH/c1-4-6-16-15(5-2)13-17(22-16)18(21)20-11-8-14(9-12-20)7-10-19-3;/h13-14,19H,4-12H2,1-3H3;1H. The molecule has 3 nitrogen and oxygen atoms in total. The highest BCUT2D eigenvalue weighted by molar-refractivity contribution is 7.14. The number of likely N-dealkylation sites (tertiary alicyclic amines) is 1. The molecule has 2 rings (SSSR count). The Balaban J connectivity index is 0.00000264. The molecule has 5 heteroatoms. The average Bonchev–Trinajstić information content (AvgIpc) is 2.96. The van der Waals surface area contributed by atoms with Crippen LogP contribution in [0.5, 0.6) is 0 Å². The molecule has 1 aromatic heterocycles. The predicted octanol–water partition coefficient (Wildman–Crippen LogP) is 4.15. The molecule has 0 unspecified atom stereocenters. The SMILES string of the molecule is CCCc1sc(C(=O)N2CCC(CCNC)CC2)cc1CC.Cl. The van der Waals surface area contributed by atoms with Gasteiger partial charge in [0.25, 0.3) is 5.91 Å². The number of amides is 1. The van der Waals surface area contributed by atoms with Gasteiger partial charge in [0.05, 0.1) is 4.88 Å². The zero-order valence-electron chi connectivity index (χ0n) is 14.7. The van der Waals surface area contributed by atoms with Crippen molar-refractivity contribution in [2.24, 2.45) is 5.92 Å². The lowest BCUT2D eigenvalue weighted by molar-refractivity contribution is 0.0692. The van der Waals surface area contributed by atoms with Crippen molar-refractivity contribution in [3.05, 3.63) is 21.4 Å². The van der Waals surface area contributed by atoms with Crippen molar-refractivity contribution in [2.45, 2.75) is 52.4 Å². The fourth-order valence-corrected chi connectivity index (χ4v) is 4.56. The quantitative estimate of drug-likeness (QED) is 0.794. The Morgan fingerprint density at radius 3 is 2.61 bits per heavy atom. The van der Waals surface area contributed by atoms with E-state index in [1.165, 1.54) is 16.9 Å². The molecular formula is C18H31ClN2OS. The van der Waals surface area contributed by atoms with E-state index in [1.807, 2.05) is 7.05 Å². The van der Waals surface area contributed by atoms with E-state index in [1.54, 1.807) is 11.3 Å². The van der Waals surface area contributed by atoms with Crippen LogP contribution in [0, 0.1) is 5.92 Å². The number of halogens is 1. The lowest BCUT2D eigenvalue weighted by atomic mass is 9.93. The van der Waals surface area contributed by atoms with Crippen LogP contribution < -0.4 is 5.32 Å². The number of rotatable bonds is 7. The van der Waals surface area contributed by atoms with Crippen molar-refractivity contribution in [2.75, 3.05) is 26.7 Å². The minimum Gasteiger partial charge on any atom is -0.338 e. The lowest BCUT2D eigenvalue weighted by Gasteiger charge is -2.31. The Bertz CT molecular complexity index is 481. The van der Waals surface area contributed by atoms with Gasteiger partial charge in [-0.25, -0.2) is 0 Å². The highest BCUT2D eigenvalue weighted by atomic mass is 35.5. The monoisotopic (exact) mass is 358 g/mol. The maximum absolute atomic E-state index is 12.7. The number of piperidine rings is 1. The molecule has 1 saturated heterocycles. The molecule has 1 fully saturated rings. The highest BCUT2D eigenvalue weighted by Gasteiger charge is 2.25.